The van der Waals surface area contributed by atoms with Crippen LogP contribution in [0.15, 0.2) is 54.3 Å². The molecule has 1 fully saturated rings. The van der Waals surface area contributed by atoms with Crippen molar-refractivity contribution in [2.45, 2.75) is 13.8 Å². The Bertz CT molecular complexity index is 690. The molecule has 0 saturated carbocycles. The molecule has 23 heavy (non-hydrogen) atoms. The van der Waals surface area contributed by atoms with Crippen LogP contribution in [0.2, 0.25) is 0 Å². The first kappa shape index (κ1) is 16.9. The molecule has 2 atom stereocenters. The van der Waals surface area contributed by atoms with Gasteiger partial charge in [-0.15, -0.1) is 0 Å². The molecule has 1 aromatic carbocycles. The summed E-state index contributed by atoms with van der Waals surface area (Å²) >= 11 is 0. The standard InChI is InChI=1S/C18H20F2N2O/c1-10(2)8-11(3)13-9-21-18(23)16(13)12(4)22-15-7-5-6-14(19)17(15)20/h5-8,13,16,22H,3-4,9H2,1-2H3,(H,21,23)/t13-,16-/m1/s1. The van der Waals surface area contributed by atoms with Crippen LogP contribution in [0.4, 0.5) is 14.5 Å². The number of benzene rings is 1. The molecule has 3 nitrogen and oxygen atoms in total. The van der Waals surface area contributed by atoms with Gasteiger partial charge in [-0.3, -0.25) is 4.79 Å². The summed E-state index contributed by atoms with van der Waals surface area (Å²) in [5, 5.41) is 5.50. The van der Waals surface area contributed by atoms with E-state index in [0.29, 0.717) is 12.2 Å². The topological polar surface area (TPSA) is 41.1 Å². The maximum absolute atomic E-state index is 13.8. The van der Waals surface area contributed by atoms with Crippen molar-refractivity contribution in [3.05, 3.63) is 65.9 Å². The number of carbonyl (C=O) groups excluding carboxylic acids is 1. The number of anilines is 1. The second-order valence-corrected chi connectivity index (χ2v) is 5.88. The lowest BCUT2D eigenvalue weighted by Gasteiger charge is -2.21. The largest absolute Gasteiger partial charge is 0.356 e. The minimum atomic E-state index is -0.994. The van der Waals surface area contributed by atoms with Gasteiger partial charge in [0.2, 0.25) is 5.91 Å². The summed E-state index contributed by atoms with van der Waals surface area (Å²) < 4.78 is 27.1. The van der Waals surface area contributed by atoms with E-state index in [1.807, 2.05) is 19.9 Å². The van der Waals surface area contributed by atoms with Gasteiger partial charge >= 0.3 is 0 Å². The van der Waals surface area contributed by atoms with Crippen LogP contribution in [0, 0.1) is 23.5 Å². The van der Waals surface area contributed by atoms with Gasteiger partial charge in [-0.1, -0.05) is 30.9 Å². The second kappa shape index (κ2) is 6.77. The maximum atomic E-state index is 13.8. The Morgan fingerprint density at radius 2 is 2.04 bits per heavy atom. The smallest absolute Gasteiger partial charge is 0.229 e. The lowest BCUT2D eigenvalue weighted by molar-refractivity contribution is -0.121. The monoisotopic (exact) mass is 318 g/mol. The van der Waals surface area contributed by atoms with Crippen LogP contribution in [-0.4, -0.2) is 12.5 Å². The highest BCUT2D eigenvalue weighted by Crippen LogP contribution is 2.32. The average molecular weight is 318 g/mol. The molecule has 0 aromatic heterocycles. The number of carbonyl (C=O) groups is 1. The molecular weight excluding hydrogens is 298 g/mol. The van der Waals surface area contributed by atoms with Crippen LogP contribution in [0.3, 0.4) is 0 Å². The highest BCUT2D eigenvalue weighted by molar-refractivity contribution is 5.85. The average Bonchev–Trinajstić information content (AvgIpc) is 2.85. The molecule has 1 aliphatic heterocycles. The number of allylic oxidation sites excluding steroid dienone is 2. The summed E-state index contributed by atoms with van der Waals surface area (Å²) in [6.45, 7) is 12.2. The number of rotatable bonds is 5. The Labute approximate surface area is 134 Å². The quantitative estimate of drug-likeness (QED) is 0.811. The minimum Gasteiger partial charge on any atom is -0.356 e. The second-order valence-electron chi connectivity index (χ2n) is 5.88. The molecule has 2 rings (SSSR count). The zero-order chi connectivity index (χ0) is 17.1. The third-order valence-electron chi connectivity index (χ3n) is 3.75. The van der Waals surface area contributed by atoms with Gasteiger partial charge in [0.15, 0.2) is 11.6 Å². The predicted octanol–water partition coefficient (Wildman–Crippen LogP) is 3.78. The molecule has 1 aliphatic rings. The van der Waals surface area contributed by atoms with Crippen LogP contribution in [0.1, 0.15) is 13.8 Å². The van der Waals surface area contributed by atoms with Crippen LogP contribution in [0.25, 0.3) is 0 Å². The molecule has 0 spiro atoms. The van der Waals surface area contributed by atoms with Crippen molar-refractivity contribution in [1.29, 1.82) is 0 Å². The summed E-state index contributed by atoms with van der Waals surface area (Å²) in [4.78, 5) is 12.1. The molecule has 122 valence electrons. The predicted molar refractivity (Wildman–Crippen MR) is 87.7 cm³/mol. The van der Waals surface area contributed by atoms with E-state index in [1.165, 1.54) is 12.1 Å². The Hall–Kier alpha value is -2.43. The van der Waals surface area contributed by atoms with Gasteiger partial charge in [-0.25, -0.2) is 8.78 Å². The van der Waals surface area contributed by atoms with Gasteiger partial charge in [0.25, 0.3) is 0 Å². The van der Waals surface area contributed by atoms with E-state index in [1.54, 1.807) is 0 Å². The maximum Gasteiger partial charge on any atom is 0.229 e. The van der Waals surface area contributed by atoms with E-state index in [0.717, 1.165) is 17.2 Å². The fraction of sp³-hybridized carbons (Fsp3) is 0.278. The first-order chi connectivity index (χ1) is 10.8. The van der Waals surface area contributed by atoms with Gasteiger partial charge in [0.05, 0.1) is 11.6 Å². The van der Waals surface area contributed by atoms with Crippen LogP contribution >= 0.6 is 0 Å². The molecule has 1 saturated heterocycles. The molecule has 1 heterocycles. The van der Waals surface area contributed by atoms with Gasteiger partial charge < -0.3 is 10.6 Å². The summed E-state index contributed by atoms with van der Waals surface area (Å²) in [6, 6.07) is 3.82. The third kappa shape index (κ3) is 3.67. The molecule has 0 radical (unpaired) electrons. The third-order valence-corrected chi connectivity index (χ3v) is 3.75. The first-order valence-electron chi connectivity index (χ1n) is 7.32. The summed E-state index contributed by atoms with van der Waals surface area (Å²) in [5.41, 5.74) is 2.15. The Morgan fingerprint density at radius 3 is 2.70 bits per heavy atom. The number of hydrogen-bond donors (Lipinski definition) is 2. The van der Waals surface area contributed by atoms with Crippen LogP contribution < -0.4 is 10.6 Å². The van der Waals surface area contributed by atoms with E-state index < -0.39 is 17.6 Å². The van der Waals surface area contributed by atoms with E-state index in [-0.39, 0.29) is 17.5 Å². The fourth-order valence-electron chi connectivity index (χ4n) is 2.70. The van der Waals surface area contributed by atoms with E-state index in [2.05, 4.69) is 23.8 Å². The number of halogens is 2. The Balaban J connectivity index is 2.22. The number of nitrogens with one attached hydrogen (secondary N) is 2. The van der Waals surface area contributed by atoms with Crippen LogP contribution in [0.5, 0.6) is 0 Å². The molecule has 0 bridgehead atoms. The Morgan fingerprint density at radius 1 is 1.35 bits per heavy atom. The summed E-state index contributed by atoms with van der Waals surface area (Å²) in [5.74, 6) is -2.90. The van der Waals surface area contributed by atoms with Gasteiger partial charge in [-0.05, 0) is 31.6 Å². The fourth-order valence-corrected chi connectivity index (χ4v) is 2.70. The zero-order valence-electron chi connectivity index (χ0n) is 13.2. The highest BCUT2D eigenvalue weighted by Gasteiger charge is 2.38. The van der Waals surface area contributed by atoms with Crippen molar-refractivity contribution >= 4 is 11.6 Å². The van der Waals surface area contributed by atoms with Crippen molar-refractivity contribution < 1.29 is 13.6 Å². The zero-order valence-corrected chi connectivity index (χ0v) is 13.2. The van der Waals surface area contributed by atoms with Crippen molar-refractivity contribution in [1.82, 2.24) is 5.32 Å². The molecule has 5 heteroatoms. The SMILES string of the molecule is C=C(Nc1cccc(F)c1F)[C@H]1C(=O)NC[C@@H]1C(=C)C=C(C)C. The van der Waals surface area contributed by atoms with Crippen molar-refractivity contribution in [3.63, 3.8) is 0 Å². The molecule has 0 unspecified atom stereocenters. The van der Waals surface area contributed by atoms with Crippen LogP contribution in [-0.2, 0) is 4.79 Å². The number of amides is 1. The Kier molecular flexibility index (Phi) is 4.98. The molecule has 0 aliphatic carbocycles. The van der Waals surface area contributed by atoms with Crippen molar-refractivity contribution in [2.75, 3.05) is 11.9 Å². The molecule has 1 amide bonds. The van der Waals surface area contributed by atoms with E-state index in [4.69, 9.17) is 0 Å². The highest BCUT2D eigenvalue weighted by atomic mass is 19.2. The molecule has 1 aromatic rings. The van der Waals surface area contributed by atoms with Crippen molar-refractivity contribution in [3.8, 4) is 0 Å². The van der Waals surface area contributed by atoms with Gasteiger partial charge in [0, 0.05) is 18.2 Å². The minimum absolute atomic E-state index is 0.0405. The summed E-state index contributed by atoms with van der Waals surface area (Å²) in [7, 11) is 0. The number of hydrogen-bond acceptors (Lipinski definition) is 2. The molecular formula is C18H20F2N2O. The summed E-state index contributed by atoms with van der Waals surface area (Å²) in [6.07, 6.45) is 1.91. The van der Waals surface area contributed by atoms with E-state index >= 15 is 0 Å². The van der Waals surface area contributed by atoms with E-state index in [9.17, 15) is 13.6 Å². The lowest BCUT2D eigenvalue weighted by atomic mass is 9.86. The molecule has 2 N–H and O–H groups in total. The lowest BCUT2D eigenvalue weighted by Crippen LogP contribution is -2.25. The normalized spacial score (nSPS) is 19.9. The first-order valence-corrected chi connectivity index (χ1v) is 7.32. The van der Waals surface area contributed by atoms with Gasteiger partial charge in [-0.2, -0.15) is 0 Å². The van der Waals surface area contributed by atoms with Crippen molar-refractivity contribution in [2.24, 2.45) is 11.8 Å². The van der Waals surface area contributed by atoms with Gasteiger partial charge in [0.1, 0.15) is 0 Å².